The Hall–Kier alpha value is -2.29. The number of carbonyl (C=O) groups is 1. The Morgan fingerprint density at radius 3 is 2.96 bits per heavy atom. The monoisotopic (exact) mass is 379 g/mol. The Balaban J connectivity index is 1.75. The zero-order chi connectivity index (χ0) is 17.8. The fraction of sp³-hybridized carbons (Fsp3) is 0.250. The molecule has 0 radical (unpaired) electrons. The lowest BCUT2D eigenvalue weighted by atomic mass is 10.2. The highest BCUT2D eigenvalue weighted by Gasteiger charge is 2.12. The molecule has 0 fully saturated rings. The molecule has 9 heteroatoms. The summed E-state index contributed by atoms with van der Waals surface area (Å²) in [4.78, 5) is 28.9. The summed E-state index contributed by atoms with van der Waals surface area (Å²) >= 11 is 7.15. The minimum absolute atomic E-state index is 0.109. The van der Waals surface area contributed by atoms with E-state index in [2.05, 4.69) is 10.1 Å². The fourth-order valence-corrected chi connectivity index (χ4v) is 3.19. The summed E-state index contributed by atoms with van der Waals surface area (Å²) in [6.45, 7) is 0.404. The van der Waals surface area contributed by atoms with Gasteiger partial charge in [0.2, 0.25) is 4.96 Å². The van der Waals surface area contributed by atoms with Gasteiger partial charge in [-0.25, -0.2) is 9.78 Å². The minimum Gasteiger partial charge on any atom is -0.456 e. The first-order chi connectivity index (χ1) is 12.1. The molecule has 3 rings (SSSR count). The average molecular weight is 380 g/mol. The number of halogens is 1. The van der Waals surface area contributed by atoms with Crippen LogP contribution in [0.25, 0.3) is 4.96 Å². The van der Waals surface area contributed by atoms with Gasteiger partial charge in [0.1, 0.15) is 11.6 Å². The van der Waals surface area contributed by atoms with Crippen molar-refractivity contribution in [1.29, 1.82) is 0 Å². The van der Waals surface area contributed by atoms with E-state index in [0.29, 0.717) is 34.3 Å². The molecule has 2 aromatic heterocycles. The molecule has 0 atom stereocenters. The third-order valence-corrected chi connectivity index (χ3v) is 4.47. The highest BCUT2D eigenvalue weighted by atomic mass is 35.5. The first-order valence-electron chi connectivity index (χ1n) is 7.37. The van der Waals surface area contributed by atoms with E-state index in [0.717, 1.165) is 5.01 Å². The van der Waals surface area contributed by atoms with Crippen molar-refractivity contribution < 1.29 is 14.3 Å². The molecule has 0 spiro atoms. The number of hydrogen-bond donors (Lipinski definition) is 0. The van der Waals surface area contributed by atoms with E-state index in [1.54, 1.807) is 25.3 Å². The predicted molar refractivity (Wildman–Crippen MR) is 93.3 cm³/mol. The van der Waals surface area contributed by atoms with Gasteiger partial charge >= 0.3 is 5.97 Å². The largest absolute Gasteiger partial charge is 0.456 e. The van der Waals surface area contributed by atoms with Crippen LogP contribution in [-0.4, -0.2) is 34.3 Å². The van der Waals surface area contributed by atoms with Crippen LogP contribution in [0, 0.1) is 0 Å². The van der Waals surface area contributed by atoms with E-state index in [4.69, 9.17) is 21.1 Å². The summed E-state index contributed by atoms with van der Waals surface area (Å²) in [5.74, 6) is -0.533. The third-order valence-electron chi connectivity index (χ3n) is 3.27. The molecule has 0 N–H and O–H groups in total. The molecule has 0 bridgehead atoms. The van der Waals surface area contributed by atoms with Crippen LogP contribution < -0.4 is 5.56 Å². The SMILES string of the molecule is COCCc1nn2c(=O)cc(COC(=O)c3cccc(Cl)c3)nc2s1. The van der Waals surface area contributed by atoms with Crippen molar-refractivity contribution in [3.63, 3.8) is 0 Å². The maximum Gasteiger partial charge on any atom is 0.338 e. The second kappa shape index (κ2) is 7.73. The van der Waals surface area contributed by atoms with Crippen LogP contribution in [0.15, 0.2) is 35.1 Å². The predicted octanol–water partition coefficient (Wildman–Crippen LogP) is 2.35. The Bertz CT molecular complexity index is 969. The van der Waals surface area contributed by atoms with Crippen molar-refractivity contribution in [2.24, 2.45) is 0 Å². The van der Waals surface area contributed by atoms with Crippen LogP contribution in [0.5, 0.6) is 0 Å². The Morgan fingerprint density at radius 2 is 2.20 bits per heavy atom. The van der Waals surface area contributed by atoms with Crippen molar-refractivity contribution in [3.8, 4) is 0 Å². The van der Waals surface area contributed by atoms with E-state index in [1.165, 1.54) is 28.0 Å². The smallest absolute Gasteiger partial charge is 0.338 e. The van der Waals surface area contributed by atoms with Crippen molar-refractivity contribution >= 4 is 33.9 Å². The maximum absolute atomic E-state index is 12.1. The van der Waals surface area contributed by atoms with Gasteiger partial charge < -0.3 is 9.47 Å². The van der Waals surface area contributed by atoms with E-state index >= 15 is 0 Å². The molecule has 1 aromatic carbocycles. The van der Waals surface area contributed by atoms with Crippen molar-refractivity contribution in [1.82, 2.24) is 14.6 Å². The van der Waals surface area contributed by atoms with Gasteiger partial charge in [0.25, 0.3) is 5.56 Å². The Labute approximate surface area is 151 Å². The molecule has 0 aliphatic rings. The third kappa shape index (κ3) is 4.22. The van der Waals surface area contributed by atoms with Crippen LogP contribution in [0.2, 0.25) is 5.02 Å². The van der Waals surface area contributed by atoms with E-state index in [9.17, 15) is 9.59 Å². The van der Waals surface area contributed by atoms with E-state index in [1.807, 2.05) is 0 Å². The van der Waals surface area contributed by atoms with E-state index in [-0.39, 0.29) is 12.2 Å². The molecule has 0 aliphatic heterocycles. The van der Waals surface area contributed by atoms with Gasteiger partial charge in [-0.15, -0.1) is 0 Å². The van der Waals surface area contributed by atoms with Crippen molar-refractivity contribution in [2.45, 2.75) is 13.0 Å². The lowest BCUT2D eigenvalue weighted by Gasteiger charge is -2.04. The van der Waals surface area contributed by atoms with E-state index < -0.39 is 5.97 Å². The van der Waals surface area contributed by atoms with Gasteiger partial charge in [-0.2, -0.15) is 9.61 Å². The lowest BCUT2D eigenvalue weighted by molar-refractivity contribution is 0.0468. The highest BCUT2D eigenvalue weighted by molar-refractivity contribution is 7.16. The average Bonchev–Trinajstić information content (AvgIpc) is 3.01. The molecule has 0 amide bonds. The van der Waals surface area contributed by atoms with Crippen molar-refractivity contribution in [3.05, 3.63) is 62.0 Å². The van der Waals surface area contributed by atoms with Gasteiger partial charge in [-0.05, 0) is 18.2 Å². The molecule has 0 unspecified atom stereocenters. The zero-order valence-corrected chi connectivity index (χ0v) is 14.8. The second-order valence-corrected chi connectivity index (χ2v) is 6.58. The van der Waals surface area contributed by atoms with Crippen LogP contribution in [0.4, 0.5) is 0 Å². The molecule has 25 heavy (non-hydrogen) atoms. The van der Waals surface area contributed by atoms with Crippen LogP contribution >= 0.6 is 22.9 Å². The van der Waals surface area contributed by atoms with Gasteiger partial charge in [0.15, 0.2) is 0 Å². The second-order valence-electron chi connectivity index (χ2n) is 5.11. The number of aromatic nitrogens is 3. The number of hydrogen-bond acceptors (Lipinski definition) is 7. The summed E-state index contributed by atoms with van der Waals surface area (Å²) in [5.41, 5.74) is 0.381. The number of esters is 1. The molecule has 0 aliphatic carbocycles. The van der Waals surface area contributed by atoms with Gasteiger partial charge in [-0.1, -0.05) is 29.0 Å². The number of methoxy groups -OCH3 is 1. The van der Waals surface area contributed by atoms with Crippen LogP contribution in [0.1, 0.15) is 21.1 Å². The van der Waals surface area contributed by atoms with Crippen LogP contribution in [-0.2, 0) is 22.5 Å². The first kappa shape index (κ1) is 17.5. The minimum atomic E-state index is -0.533. The van der Waals surface area contributed by atoms with Gasteiger partial charge in [0, 0.05) is 24.6 Å². The molecule has 130 valence electrons. The first-order valence-corrected chi connectivity index (χ1v) is 8.56. The standard InChI is InChI=1S/C16H14ClN3O4S/c1-23-6-5-13-19-20-14(21)8-12(18-16(20)25-13)9-24-15(22)10-3-2-4-11(17)7-10/h2-4,7-8H,5-6,9H2,1H3. The zero-order valence-electron chi connectivity index (χ0n) is 13.3. The van der Waals surface area contributed by atoms with Crippen molar-refractivity contribution in [2.75, 3.05) is 13.7 Å². The number of fused-ring (bicyclic) bond motifs is 1. The Morgan fingerprint density at radius 1 is 1.36 bits per heavy atom. The summed E-state index contributed by atoms with van der Waals surface area (Å²) in [6, 6.07) is 7.75. The number of rotatable bonds is 6. The number of carbonyl (C=O) groups excluding carboxylic acids is 1. The summed E-state index contributed by atoms with van der Waals surface area (Å²) < 4.78 is 11.4. The molecule has 3 aromatic rings. The molecule has 0 saturated heterocycles. The normalized spacial score (nSPS) is 11.0. The summed E-state index contributed by atoms with van der Waals surface area (Å²) in [5, 5.41) is 5.40. The molecule has 7 nitrogen and oxygen atoms in total. The van der Waals surface area contributed by atoms with Crippen LogP contribution in [0.3, 0.4) is 0 Å². The molecular weight excluding hydrogens is 366 g/mol. The fourth-order valence-electron chi connectivity index (χ4n) is 2.10. The number of ether oxygens (including phenoxy) is 2. The number of benzene rings is 1. The lowest BCUT2D eigenvalue weighted by Crippen LogP contribution is -2.16. The highest BCUT2D eigenvalue weighted by Crippen LogP contribution is 2.14. The number of nitrogens with zero attached hydrogens (tertiary/aromatic N) is 3. The van der Waals surface area contributed by atoms with Gasteiger partial charge in [0.05, 0.1) is 17.9 Å². The Kier molecular flexibility index (Phi) is 5.42. The van der Waals surface area contributed by atoms with Gasteiger partial charge in [-0.3, -0.25) is 4.79 Å². The summed E-state index contributed by atoms with van der Waals surface area (Å²) in [6.07, 6.45) is 0.600. The molecular formula is C16H14ClN3O4S. The maximum atomic E-state index is 12.1. The summed E-state index contributed by atoms with van der Waals surface area (Å²) in [7, 11) is 1.60. The topological polar surface area (TPSA) is 82.8 Å². The molecule has 2 heterocycles. The quantitative estimate of drug-likeness (QED) is 0.611. The molecule has 0 saturated carbocycles.